The van der Waals surface area contributed by atoms with Crippen molar-refractivity contribution >= 4 is 10.4 Å². The van der Waals surface area contributed by atoms with E-state index in [0.29, 0.717) is 12.5 Å². The summed E-state index contributed by atoms with van der Waals surface area (Å²) in [6, 6.07) is 8.08. The van der Waals surface area contributed by atoms with Crippen LogP contribution in [-0.4, -0.2) is 54.1 Å². The van der Waals surface area contributed by atoms with Gasteiger partial charge in [0, 0.05) is 31.1 Å². The monoisotopic (exact) mass is 449 g/mol. The van der Waals surface area contributed by atoms with Gasteiger partial charge in [0.1, 0.15) is 5.75 Å². The number of benzene rings is 1. The smallest absolute Gasteiger partial charge is 0.285 e. The fourth-order valence-electron chi connectivity index (χ4n) is 4.47. The molecule has 1 aromatic rings. The minimum atomic E-state index is -2.96. The number of hydrogen-bond acceptors (Lipinski definition) is 4. The predicted octanol–water partition coefficient (Wildman–Crippen LogP) is 4.09. The fourth-order valence-corrected chi connectivity index (χ4v) is 5.31. The summed E-state index contributed by atoms with van der Waals surface area (Å²) in [6.45, 7) is 11.5. The Kier molecular flexibility index (Phi) is 8.10. The zero-order valence-corrected chi connectivity index (χ0v) is 20.1. The first-order valence-corrected chi connectivity index (χ1v) is 13.0. The maximum atomic E-state index is 11.7. The van der Waals surface area contributed by atoms with E-state index in [1.54, 1.807) is 0 Å². The Labute approximate surface area is 188 Å². The molecule has 1 heterocycles. The van der Waals surface area contributed by atoms with Crippen LogP contribution in [-0.2, 0) is 19.3 Å². The van der Waals surface area contributed by atoms with Gasteiger partial charge < -0.3 is 9.47 Å². The molecule has 3 rings (SSSR count). The van der Waals surface area contributed by atoms with Crippen molar-refractivity contribution in [1.29, 1.82) is 0 Å². The first-order chi connectivity index (χ1) is 14.6. The lowest BCUT2D eigenvalue weighted by Gasteiger charge is -2.35. The number of hydrogen-bond donors (Lipinski definition) is 2. The molecule has 1 saturated heterocycles. The molecule has 1 aliphatic carbocycles. The largest absolute Gasteiger partial charge is 0.491 e. The van der Waals surface area contributed by atoms with Gasteiger partial charge in [-0.1, -0.05) is 43.4 Å². The molecule has 0 amide bonds. The molecule has 5 atom stereocenters. The molecule has 3 unspecified atom stereocenters. The highest BCUT2D eigenvalue weighted by molar-refractivity contribution is 7.95. The maximum Gasteiger partial charge on any atom is 0.285 e. The molecule has 172 valence electrons. The summed E-state index contributed by atoms with van der Waals surface area (Å²) in [5, 5.41) is 0. The predicted molar refractivity (Wildman–Crippen MR) is 126 cm³/mol. The highest BCUT2D eigenvalue weighted by Crippen LogP contribution is 2.32. The SMILES string of the molecule is CC(C)Oc1ccccc1C1CN(CC2=CC(C)[C@H]([C@@H](C)N[S+](C)(=O)O)C=C2)CCO1. The van der Waals surface area contributed by atoms with E-state index in [-0.39, 0.29) is 24.2 Å². The van der Waals surface area contributed by atoms with Crippen LogP contribution in [0, 0.1) is 11.8 Å². The molecule has 1 fully saturated rings. The van der Waals surface area contributed by atoms with Gasteiger partial charge in [-0.05, 0) is 42.5 Å². The van der Waals surface area contributed by atoms with Gasteiger partial charge in [-0.15, -0.1) is 4.72 Å². The number of para-hydroxylation sites is 1. The number of morpholine rings is 1. The average Bonchev–Trinajstić information content (AvgIpc) is 2.67. The van der Waals surface area contributed by atoms with E-state index in [0.717, 1.165) is 30.9 Å². The van der Waals surface area contributed by atoms with Crippen LogP contribution in [0.15, 0.2) is 48.1 Å². The summed E-state index contributed by atoms with van der Waals surface area (Å²) in [7, 11) is -2.96. The van der Waals surface area contributed by atoms with Crippen molar-refractivity contribution in [3.8, 4) is 5.75 Å². The zero-order valence-electron chi connectivity index (χ0n) is 19.3. The minimum Gasteiger partial charge on any atom is -0.491 e. The Morgan fingerprint density at radius 3 is 2.74 bits per heavy atom. The van der Waals surface area contributed by atoms with Gasteiger partial charge >= 0.3 is 0 Å². The van der Waals surface area contributed by atoms with E-state index in [9.17, 15) is 8.76 Å². The average molecular weight is 450 g/mol. The topological polar surface area (TPSA) is 71.0 Å². The van der Waals surface area contributed by atoms with Gasteiger partial charge in [-0.2, -0.15) is 4.55 Å². The zero-order chi connectivity index (χ0) is 22.6. The summed E-state index contributed by atoms with van der Waals surface area (Å²) in [4.78, 5) is 2.43. The molecule has 0 spiro atoms. The molecule has 1 aliphatic heterocycles. The van der Waals surface area contributed by atoms with Crippen LogP contribution in [0.5, 0.6) is 5.75 Å². The molecule has 7 heteroatoms. The third kappa shape index (κ3) is 6.99. The molecule has 1 aromatic carbocycles. The summed E-state index contributed by atoms with van der Waals surface area (Å²) in [5.41, 5.74) is 2.39. The Balaban J connectivity index is 1.62. The van der Waals surface area contributed by atoms with Crippen molar-refractivity contribution in [3.63, 3.8) is 0 Å². The molecule has 0 aromatic heterocycles. The van der Waals surface area contributed by atoms with Gasteiger partial charge in [0.2, 0.25) is 0 Å². The van der Waals surface area contributed by atoms with Crippen molar-refractivity contribution in [3.05, 3.63) is 53.6 Å². The van der Waals surface area contributed by atoms with Gasteiger partial charge in [0.25, 0.3) is 10.4 Å². The van der Waals surface area contributed by atoms with Gasteiger partial charge in [0.05, 0.1) is 24.9 Å². The number of rotatable bonds is 8. The lowest BCUT2D eigenvalue weighted by atomic mass is 9.83. The standard InChI is InChI=1S/C24H36N2O4S/c1-17(2)30-23-9-7-6-8-22(23)24-16-26(12-13-29-24)15-20-10-11-21(18(3)14-20)19(4)25-31(5,27)28/h6-11,14,17-19,21,24H,12-13,15-16H2,1-5H3,(H-,25,27,28)/p+1/t18?,19-,21-,24?/m1/s1. The van der Waals surface area contributed by atoms with Crippen LogP contribution in [0.4, 0.5) is 0 Å². The number of allylic oxidation sites excluding steroid dienone is 1. The van der Waals surface area contributed by atoms with E-state index in [1.807, 2.05) is 39.0 Å². The van der Waals surface area contributed by atoms with Crippen molar-refractivity contribution in [2.45, 2.75) is 45.9 Å². The van der Waals surface area contributed by atoms with Crippen LogP contribution in [0.25, 0.3) is 0 Å². The molecule has 6 nitrogen and oxygen atoms in total. The second-order valence-corrected chi connectivity index (χ2v) is 10.9. The Morgan fingerprint density at radius 2 is 2.06 bits per heavy atom. The van der Waals surface area contributed by atoms with Crippen molar-refractivity contribution in [2.24, 2.45) is 11.8 Å². The molecule has 2 N–H and O–H groups in total. The summed E-state index contributed by atoms with van der Waals surface area (Å²) in [5.74, 6) is 1.38. The lowest BCUT2D eigenvalue weighted by molar-refractivity contribution is -0.0281. The Hall–Kier alpha value is -1.51. The van der Waals surface area contributed by atoms with E-state index in [1.165, 1.54) is 11.8 Å². The van der Waals surface area contributed by atoms with Gasteiger partial charge in [-0.25, -0.2) is 0 Å². The number of nitrogens with one attached hydrogen (secondary N) is 1. The van der Waals surface area contributed by atoms with Crippen LogP contribution in [0.3, 0.4) is 0 Å². The summed E-state index contributed by atoms with van der Waals surface area (Å²) >= 11 is 0. The molecule has 31 heavy (non-hydrogen) atoms. The normalized spacial score (nSPS) is 27.6. The Bertz CT molecular complexity index is 848. The molecule has 0 saturated carbocycles. The van der Waals surface area contributed by atoms with Crippen LogP contribution >= 0.6 is 0 Å². The van der Waals surface area contributed by atoms with E-state index in [2.05, 4.69) is 40.8 Å². The van der Waals surface area contributed by atoms with E-state index < -0.39 is 10.4 Å². The maximum absolute atomic E-state index is 11.7. The van der Waals surface area contributed by atoms with E-state index >= 15 is 0 Å². The molecule has 2 aliphatic rings. The van der Waals surface area contributed by atoms with Crippen molar-refractivity contribution in [1.82, 2.24) is 9.62 Å². The second-order valence-electron chi connectivity index (χ2n) is 9.05. The molecule has 0 bridgehead atoms. The van der Waals surface area contributed by atoms with Gasteiger partial charge in [0.15, 0.2) is 6.26 Å². The Morgan fingerprint density at radius 1 is 1.32 bits per heavy atom. The quantitative estimate of drug-likeness (QED) is 0.585. The molecular formula is C24H37N2O4S+. The summed E-state index contributed by atoms with van der Waals surface area (Å²) in [6.07, 6.45) is 8.06. The van der Waals surface area contributed by atoms with E-state index in [4.69, 9.17) is 9.47 Å². The van der Waals surface area contributed by atoms with Gasteiger partial charge in [-0.3, -0.25) is 4.90 Å². The first-order valence-electron chi connectivity index (χ1n) is 11.1. The third-order valence-corrected chi connectivity index (χ3v) is 6.59. The molecule has 0 radical (unpaired) electrons. The fraction of sp³-hybridized carbons (Fsp3) is 0.583. The highest BCUT2D eigenvalue weighted by Gasteiger charge is 2.30. The highest BCUT2D eigenvalue weighted by atomic mass is 32.3. The first kappa shape index (κ1) is 24.1. The van der Waals surface area contributed by atoms with Crippen LogP contribution < -0.4 is 9.46 Å². The number of ether oxygens (including phenoxy) is 2. The number of nitrogens with zero attached hydrogens (tertiary/aromatic N) is 1. The molecular weight excluding hydrogens is 412 g/mol. The van der Waals surface area contributed by atoms with Crippen molar-refractivity contribution < 1.29 is 18.2 Å². The second kappa shape index (κ2) is 10.4. The van der Waals surface area contributed by atoms with Crippen molar-refractivity contribution in [2.75, 3.05) is 32.5 Å². The van der Waals surface area contributed by atoms with Crippen LogP contribution in [0.2, 0.25) is 0 Å². The lowest BCUT2D eigenvalue weighted by Crippen LogP contribution is -2.43. The third-order valence-electron chi connectivity index (χ3n) is 5.78. The van der Waals surface area contributed by atoms with Crippen LogP contribution in [0.1, 0.15) is 39.4 Å². The minimum absolute atomic E-state index is 0.00600. The summed E-state index contributed by atoms with van der Waals surface area (Å²) < 4.78 is 36.2.